The fourth-order valence-corrected chi connectivity index (χ4v) is 3.10. The molecule has 3 nitrogen and oxygen atoms in total. The molecule has 1 saturated heterocycles. The van der Waals surface area contributed by atoms with Crippen LogP contribution in [0, 0.1) is 5.82 Å². The van der Waals surface area contributed by atoms with Crippen molar-refractivity contribution in [3.8, 4) is 0 Å². The smallest absolute Gasteiger partial charge is 0.257 e. The van der Waals surface area contributed by atoms with Gasteiger partial charge in [0.1, 0.15) is 11.6 Å². The highest BCUT2D eigenvalue weighted by molar-refractivity contribution is 6.30. The van der Waals surface area contributed by atoms with Gasteiger partial charge >= 0.3 is 0 Å². The Hall–Kier alpha value is -1.81. The summed E-state index contributed by atoms with van der Waals surface area (Å²) >= 11 is 5.76. The van der Waals surface area contributed by atoms with Gasteiger partial charge in [-0.05, 0) is 43.2 Å². The van der Waals surface area contributed by atoms with Crippen molar-refractivity contribution >= 4 is 17.5 Å². The lowest BCUT2D eigenvalue weighted by atomic mass is 10.1. The molecule has 22 heavy (non-hydrogen) atoms. The summed E-state index contributed by atoms with van der Waals surface area (Å²) in [7, 11) is 0. The van der Waals surface area contributed by atoms with Gasteiger partial charge in [0, 0.05) is 11.6 Å². The van der Waals surface area contributed by atoms with Crippen LogP contribution in [-0.4, -0.2) is 17.4 Å². The first-order valence-electron chi connectivity index (χ1n) is 7.46. The summed E-state index contributed by atoms with van der Waals surface area (Å²) in [5, 5.41) is 0.285. The standard InChI is InChI=1S/C17H17ClFNO2/c18-12-7-8-13(14(19)11-12)17(21)20-9-3-1-2-5-15(20)16-6-4-10-22-16/h4,6-8,10-11,15H,1-3,5,9H2/t15-/m0/s1. The van der Waals surface area contributed by atoms with Crippen LogP contribution in [0.4, 0.5) is 4.39 Å². The van der Waals surface area contributed by atoms with E-state index < -0.39 is 5.82 Å². The lowest BCUT2D eigenvalue weighted by molar-refractivity contribution is 0.0653. The predicted molar refractivity (Wildman–Crippen MR) is 82.4 cm³/mol. The molecule has 0 bridgehead atoms. The molecule has 1 aromatic carbocycles. The molecular formula is C17H17ClFNO2. The molecule has 0 unspecified atom stereocenters. The zero-order valence-corrected chi connectivity index (χ0v) is 12.9. The number of hydrogen-bond acceptors (Lipinski definition) is 2. The average Bonchev–Trinajstić information content (AvgIpc) is 2.91. The average molecular weight is 322 g/mol. The molecule has 1 fully saturated rings. The minimum absolute atomic E-state index is 0.0582. The zero-order valence-electron chi connectivity index (χ0n) is 12.1. The number of hydrogen-bond donors (Lipinski definition) is 0. The van der Waals surface area contributed by atoms with Gasteiger partial charge in [0.2, 0.25) is 0 Å². The van der Waals surface area contributed by atoms with Gasteiger partial charge < -0.3 is 9.32 Å². The summed E-state index contributed by atoms with van der Waals surface area (Å²) in [4.78, 5) is 14.5. The summed E-state index contributed by atoms with van der Waals surface area (Å²) in [6, 6.07) is 7.70. The molecule has 3 rings (SSSR count). The molecular weight excluding hydrogens is 305 g/mol. The van der Waals surface area contributed by atoms with Gasteiger partial charge in [-0.1, -0.05) is 24.4 Å². The summed E-state index contributed by atoms with van der Waals surface area (Å²) in [5.41, 5.74) is 0.0582. The second kappa shape index (κ2) is 6.53. The number of amides is 1. The Kier molecular flexibility index (Phi) is 4.48. The molecule has 1 aromatic heterocycles. The van der Waals surface area contributed by atoms with Crippen LogP contribution >= 0.6 is 11.6 Å². The highest BCUT2D eigenvalue weighted by atomic mass is 35.5. The molecule has 1 amide bonds. The van der Waals surface area contributed by atoms with Crippen LogP contribution < -0.4 is 0 Å². The fourth-order valence-electron chi connectivity index (χ4n) is 2.95. The maximum Gasteiger partial charge on any atom is 0.257 e. The molecule has 0 radical (unpaired) electrons. The van der Waals surface area contributed by atoms with Crippen molar-refractivity contribution in [2.24, 2.45) is 0 Å². The number of rotatable bonds is 2. The first-order valence-corrected chi connectivity index (χ1v) is 7.84. The molecule has 1 aliphatic rings. The quantitative estimate of drug-likeness (QED) is 0.793. The van der Waals surface area contributed by atoms with Crippen LogP contribution in [0.15, 0.2) is 41.0 Å². The number of nitrogens with zero attached hydrogens (tertiary/aromatic N) is 1. The van der Waals surface area contributed by atoms with Crippen molar-refractivity contribution in [1.82, 2.24) is 4.90 Å². The van der Waals surface area contributed by atoms with Gasteiger partial charge in [0.25, 0.3) is 5.91 Å². The number of carbonyl (C=O) groups is 1. The highest BCUT2D eigenvalue weighted by Gasteiger charge is 2.30. The van der Waals surface area contributed by atoms with E-state index in [1.807, 2.05) is 12.1 Å². The van der Waals surface area contributed by atoms with E-state index in [0.29, 0.717) is 6.54 Å². The minimum atomic E-state index is -0.583. The first kappa shape index (κ1) is 15.1. The van der Waals surface area contributed by atoms with Crippen LogP contribution in [0.1, 0.15) is 47.8 Å². The Bertz CT molecular complexity index is 657. The summed E-state index contributed by atoms with van der Waals surface area (Å²) in [6.07, 6.45) is 5.43. The number of likely N-dealkylation sites (tertiary alicyclic amines) is 1. The van der Waals surface area contributed by atoms with Crippen molar-refractivity contribution in [3.05, 3.63) is 58.8 Å². The van der Waals surface area contributed by atoms with Crippen LogP contribution in [-0.2, 0) is 0 Å². The van der Waals surface area contributed by atoms with E-state index in [9.17, 15) is 9.18 Å². The summed E-state index contributed by atoms with van der Waals surface area (Å²) in [6.45, 7) is 0.603. The van der Waals surface area contributed by atoms with E-state index in [-0.39, 0.29) is 22.5 Å². The molecule has 1 aliphatic heterocycles. The SMILES string of the molecule is O=C(c1ccc(Cl)cc1F)N1CCCCC[C@H]1c1ccco1. The lowest BCUT2D eigenvalue weighted by Gasteiger charge is -2.29. The Labute approximate surface area is 133 Å². The van der Waals surface area contributed by atoms with Crippen LogP contribution in [0.5, 0.6) is 0 Å². The fraction of sp³-hybridized carbons (Fsp3) is 0.353. The second-order valence-electron chi connectivity index (χ2n) is 5.50. The highest BCUT2D eigenvalue weighted by Crippen LogP contribution is 2.32. The molecule has 2 heterocycles. The molecule has 116 valence electrons. The number of furan rings is 1. The van der Waals surface area contributed by atoms with E-state index in [1.165, 1.54) is 18.2 Å². The molecule has 2 aromatic rings. The second-order valence-corrected chi connectivity index (χ2v) is 5.94. The van der Waals surface area contributed by atoms with E-state index in [0.717, 1.165) is 31.4 Å². The van der Waals surface area contributed by atoms with Gasteiger partial charge in [-0.2, -0.15) is 0 Å². The van der Waals surface area contributed by atoms with Crippen LogP contribution in [0.2, 0.25) is 5.02 Å². The monoisotopic (exact) mass is 321 g/mol. The van der Waals surface area contributed by atoms with Gasteiger partial charge in [-0.25, -0.2) is 4.39 Å². The summed E-state index contributed by atoms with van der Waals surface area (Å²) < 4.78 is 19.6. The normalized spacial score (nSPS) is 19.0. The molecule has 0 spiro atoms. The first-order chi connectivity index (χ1) is 10.7. The van der Waals surface area contributed by atoms with Gasteiger partial charge in [-0.15, -0.1) is 0 Å². The van der Waals surface area contributed by atoms with Crippen molar-refractivity contribution in [1.29, 1.82) is 0 Å². The van der Waals surface area contributed by atoms with Crippen LogP contribution in [0.25, 0.3) is 0 Å². The Morgan fingerprint density at radius 1 is 1.27 bits per heavy atom. The third-order valence-corrected chi connectivity index (χ3v) is 4.28. The predicted octanol–water partition coefficient (Wildman–Crippen LogP) is 4.83. The summed E-state index contributed by atoms with van der Waals surface area (Å²) in [5.74, 6) is -0.137. The molecule has 0 N–H and O–H groups in total. The molecule has 0 aliphatic carbocycles. The van der Waals surface area contributed by atoms with Crippen molar-refractivity contribution < 1.29 is 13.6 Å². The van der Waals surface area contributed by atoms with E-state index in [4.69, 9.17) is 16.0 Å². The largest absolute Gasteiger partial charge is 0.467 e. The topological polar surface area (TPSA) is 33.5 Å². The number of halogens is 2. The van der Waals surface area contributed by atoms with Crippen molar-refractivity contribution in [2.75, 3.05) is 6.54 Å². The van der Waals surface area contributed by atoms with Gasteiger partial charge in [-0.3, -0.25) is 4.79 Å². The van der Waals surface area contributed by atoms with Crippen molar-refractivity contribution in [3.63, 3.8) is 0 Å². The lowest BCUT2D eigenvalue weighted by Crippen LogP contribution is -2.35. The van der Waals surface area contributed by atoms with Crippen molar-refractivity contribution in [2.45, 2.75) is 31.7 Å². The molecule has 5 heteroatoms. The van der Waals surface area contributed by atoms with Gasteiger partial charge in [0.15, 0.2) is 0 Å². The Morgan fingerprint density at radius 2 is 2.14 bits per heavy atom. The number of carbonyl (C=O) groups excluding carboxylic acids is 1. The minimum Gasteiger partial charge on any atom is -0.467 e. The molecule has 0 saturated carbocycles. The number of benzene rings is 1. The van der Waals surface area contributed by atoms with E-state index in [1.54, 1.807) is 11.2 Å². The Balaban J connectivity index is 1.93. The Morgan fingerprint density at radius 3 is 2.86 bits per heavy atom. The van der Waals surface area contributed by atoms with E-state index in [2.05, 4.69) is 0 Å². The maximum absolute atomic E-state index is 14.1. The molecule has 1 atom stereocenters. The van der Waals surface area contributed by atoms with Crippen LogP contribution in [0.3, 0.4) is 0 Å². The third kappa shape index (κ3) is 3.02. The van der Waals surface area contributed by atoms with Gasteiger partial charge in [0.05, 0.1) is 17.9 Å². The maximum atomic E-state index is 14.1. The zero-order chi connectivity index (χ0) is 15.5. The van der Waals surface area contributed by atoms with E-state index >= 15 is 0 Å². The third-order valence-electron chi connectivity index (χ3n) is 4.05.